The highest BCUT2D eigenvalue weighted by Gasteiger charge is 2.26. The second-order valence-electron chi connectivity index (χ2n) is 6.98. The number of hydrogen-bond donors (Lipinski definition) is 1. The molecule has 1 N–H and O–H groups in total. The number of benzene rings is 3. The lowest BCUT2D eigenvalue weighted by atomic mass is 10.1. The van der Waals surface area contributed by atoms with E-state index in [4.69, 9.17) is 0 Å². The van der Waals surface area contributed by atoms with Crippen molar-refractivity contribution in [3.8, 4) is 11.4 Å². The number of anilines is 1. The van der Waals surface area contributed by atoms with Gasteiger partial charge in [0.25, 0.3) is 0 Å². The molecule has 1 amide bonds. The number of rotatable bonds is 8. The van der Waals surface area contributed by atoms with E-state index in [0.717, 1.165) is 11.1 Å². The minimum absolute atomic E-state index is 0.234. The number of carbonyl (C=O) groups is 1. The largest absolute Gasteiger partial charge is 0.325 e. The Morgan fingerprint density at radius 2 is 1.66 bits per heavy atom. The standard InChI is InChI=1S/C25H21FN4OS/c1-2-17-30-23(19-11-7-4-8-12-19)28-29-25(30)32-22(18-9-5-3-6-10-18)24(31)27-21-15-13-20(26)14-16-21/h2-16,22H,1,17H2,(H,27,31)/t22-/m1/s1. The molecule has 4 rings (SSSR count). The van der Waals surface area contributed by atoms with Crippen LogP contribution in [0.1, 0.15) is 10.8 Å². The van der Waals surface area contributed by atoms with Crippen LogP contribution in [0.4, 0.5) is 10.1 Å². The molecule has 1 aromatic heterocycles. The zero-order valence-electron chi connectivity index (χ0n) is 17.2. The molecule has 0 saturated heterocycles. The minimum Gasteiger partial charge on any atom is -0.325 e. The van der Waals surface area contributed by atoms with E-state index in [-0.39, 0.29) is 11.7 Å². The zero-order valence-corrected chi connectivity index (χ0v) is 18.0. The average Bonchev–Trinajstić information content (AvgIpc) is 3.22. The van der Waals surface area contributed by atoms with Crippen LogP contribution in [0.3, 0.4) is 0 Å². The van der Waals surface area contributed by atoms with E-state index in [9.17, 15) is 9.18 Å². The van der Waals surface area contributed by atoms with E-state index in [1.165, 1.54) is 36.0 Å². The third-order valence-corrected chi connectivity index (χ3v) is 5.97. The lowest BCUT2D eigenvalue weighted by molar-refractivity contribution is -0.115. The molecule has 0 aliphatic rings. The SMILES string of the molecule is C=CCn1c(S[C@@H](C(=O)Nc2ccc(F)cc2)c2ccccc2)nnc1-c1ccccc1. The summed E-state index contributed by atoms with van der Waals surface area (Å²) < 4.78 is 15.2. The molecule has 0 aliphatic heterocycles. The molecule has 4 aromatic rings. The first-order valence-electron chi connectivity index (χ1n) is 10.0. The Hall–Kier alpha value is -3.71. The van der Waals surface area contributed by atoms with Crippen molar-refractivity contribution in [2.75, 3.05) is 5.32 Å². The number of allylic oxidation sites excluding steroid dienone is 1. The first-order chi connectivity index (χ1) is 15.7. The number of halogens is 1. The first kappa shape index (κ1) is 21.5. The Kier molecular flexibility index (Phi) is 6.77. The van der Waals surface area contributed by atoms with Gasteiger partial charge in [-0.05, 0) is 29.8 Å². The van der Waals surface area contributed by atoms with Crippen LogP contribution >= 0.6 is 11.8 Å². The van der Waals surface area contributed by atoms with Crippen molar-refractivity contribution in [1.82, 2.24) is 14.8 Å². The van der Waals surface area contributed by atoms with Gasteiger partial charge in [-0.1, -0.05) is 78.5 Å². The monoisotopic (exact) mass is 444 g/mol. The predicted molar refractivity (Wildman–Crippen MR) is 126 cm³/mol. The van der Waals surface area contributed by atoms with Crippen molar-refractivity contribution in [3.05, 3.63) is 109 Å². The van der Waals surface area contributed by atoms with E-state index in [1.54, 1.807) is 6.08 Å². The van der Waals surface area contributed by atoms with Crippen molar-refractivity contribution >= 4 is 23.4 Å². The maximum atomic E-state index is 13.3. The quantitative estimate of drug-likeness (QED) is 0.278. The third-order valence-electron chi connectivity index (χ3n) is 4.74. The molecule has 0 aliphatic carbocycles. The predicted octanol–water partition coefficient (Wildman–Crippen LogP) is 5.74. The molecule has 0 spiro atoms. The number of amides is 1. The highest BCUT2D eigenvalue weighted by molar-refractivity contribution is 8.00. The highest BCUT2D eigenvalue weighted by Crippen LogP contribution is 2.37. The third kappa shape index (κ3) is 4.95. The second kappa shape index (κ2) is 10.1. The Morgan fingerprint density at radius 1 is 1.00 bits per heavy atom. The number of carbonyl (C=O) groups excluding carboxylic acids is 1. The van der Waals surface area contributed by atoms with E-state index >= 15 is 0 Å². The minimum atomic E-state index is -0.586. The van der Waals surface area contributed by atoms with Gasteiger partial charge < -0.3 is 5.32 Å². The van der Waals surface area contributed by atoms with Gasteiger partial charge >= 0.3 is 0 Å². The summed E-state index contributed by atoms with van der Waals surface area (Å²) in [5, 5.41) is 11.6. The topological polar surface area (TPSA) is 59.8 Å². The summed E-state index contributed by atoms with van der Waals surface area (Å²) in [5.74, 6) is 0.115. The van der Waals surface area contributed by atoms with Crippen molar-refractivity contribution < 1.29 is 9.18 Å². The van der Waals surface area contributed by atoms with Crippen LogP contribution in [0, 0.1) is 5.82 Å². The van der Waals surface area contributed by atoms with Gasteiger partial charge in [-0.2, -0.15) is 0 Å². The summed E-state index contributed by atoms with van der Waals surface area (Å²) in [6.07, 6.45) is 1.77. The van der Waals surface area contributed by atoms with Crippen LogP contribution in [0.15, 0.2) is 103 Å². The van der Waals surface area contributed by atoms with Crippen molar-refractivity contribution in [3.63, 3.8) is 0 Å². The lowest BCUT2D eigenvalue weighted by Gasteiger charge is -2.17. The van der Waals surface area contributed by atoms with E-state index in [0.29, 0.717) is 23.2 Å². The summed E-state index contributed by atoms with van der Waals surface area (Å²) in [4.78, 5) is 13.2. The molecular formula is C25H21FN4OS. The second-order valence-corrected chi connectivity index (χ2v) is 8.05. The Morgan fingerprint density at radius 3 is 2.31 bits per heavy atom. The lowest BCUT2D eigenvalue weighted by Crippen LogP contribution is -2.19. The normalized spacial score (nSPS) is 11.7. The Labute approximate surface area is 190 Å². The van der Waals surface area contributed by atoms with E-state index in [2.05, 4.69) is 22.1 Å². The Balaban J connectivity index is 1.67. The van der Waals surface area contributed by atoms with Gasteiger partial charge in [-0.3, -0.25) is 9.36 Å². The molecule has 3 aromatic carbocycles. The maximum absolute atomic E-state index is 13.3. The summed E-state index contributed by atoms with van der Waals surface area (Å²) in [6, 6.07) is 24.9. The fourth-order valence-electron chi connectivity index (χ4n) is 3.22. The molecule has 1 heterocycles. The molecule has 0 fully saturated rings. The van der Waals surface area contributed by atoms with Gasteiger partial charge in [-0.25, -0.2) is 4.39 Å². The van der Waals surface area contributed by atoms with Gasteiger partial charge in [-0.15, -0.1) is 16.8 Å². The molecule has 160 valence electrons. The number of nitrogens with one attached hydrogen (secondary N) is 1. The fraction of sp³-hybridized carbons (Fsp3) is 0.0800. The number of hydrogen-bond acceptors (Lipinski definition) is 4. The number of nitrogens with zero attached hydrogens (tertiary/aromatic N) is 3. The molecule has 1 atom stereocenters. The molecule has 0 radical (unpaired) electrons. The molecule has 7 heteroatoms. The zero-order chi connectivity index (χ0) is 22.3. The van der Waals surface area contributed by atoms with Gasteiger partial charge in [0.2, 0.25) is 5.91 Å². The van der Waals surface area contributed by atoms with Crippen LogP contribution in [-0.2, 0) is 11.3 Å². The van der Waals surface area contributed by atoms with Gasteiger partial charge in [0.15, 0.2) is 11.0 Å². The van der Waals surface area contributed by atoms with Crippen LogP contribution in [0.2, 0.25) is 0 Å². The molecule has 0 saturated carbocycles. The van der Waals surface area contributed by atoms with Crippen molar-refractivity contribution in [2.24, 2.45) is 0 Å². The van der Waals surface area contributed by atoms with Crippen LogP contribution in [0.5, 0.6) is 0 Å². The summed E-state index contributed by atoms with van der Waals surface area (Å²) >= 11 is 1.31. The highest BCUT2D eigenvalue weighted by atomic mass is 32.2. The van der Waals surface area contributed by atoms with E-state index in [1.807, 2.05) is 65.2 Å². The number of aromatic nitrogens is 3. The fourth-order valence-corrected chi connectivity index (χ4v) is 4.26. The van der Waals surface area contributed by atoms with Gasteiger partial charge in [0, 0.05) is 17.8 Å². The molecule has 5 nitrogen and oxygen atoms in total. The van der Waals surface area contributed by atoms with Gasteiger partial charge in [0.1, 0.15) is 11.1 Å². The summed E-state index contributed by atoms with van der Waals surface area (Å²) in [7, 11) is 0. The molecular weight excluding hydrogens is 423 g/mol. The molecule has 32 heavy (non-hydrogen) atoms. The van der Waals surface area contributed by atoms with Crippen molar-refractivity contribution in [2.45, 2.75) is 17.0 Å². The van der Waals surface area contributed by atoms with Crippen LogP contribution < -0.4 is 5.32 Å². The summed E-state index contributed by atoms with van der Waals surface area (Å²) in [6.45, 7) is 4.35. The van der Waals surface area contributed by atoms with Crippen LogP contribution in [-0.4, -0.2) is 20.7 Å². The van der Waals surface area contributed by atoms with Crippen LogP contribution in [0.25, 0.3) is 11.4 Å². The smallest absolute Gasteiger partial charge is 0.242 e. The maximum Gasteiger partial charge on any atom is 0.242 e. The van der Waals surface area contributed by atoms with E-state index < -0.39 is 5.25 Å². The molecule has 0 bridgehead atoms. The summed E-state index contributed by atoms with van der Waals surface area (Å²) in [5.41, 5.74) is 2.28. The molecule has 0 unspecified atom stereocenters. The Bertz CT molecular complexity index is 1190. The van der Waals surface area contributed by atoms with Gasteiger partial charge in [0.05, 0.1) is 0 Å². The first-order valence-corrected chi connectivity index (χ1v) is 10.9. The number of thioether (sulfide) groups is 1. The van der Waals surface area contributed by atoms with Crippen molar-refractivity contribution in [1.29, 1.82) is 0 Å². The average molecular weight is 445 g/mol.